The highest BCUT2D eigenvalue weighted by molar-refractivity contribution is 5.85. The predicted octanol–water partition coefficient (Wildman–Crippen LogP) is 2.02. The molecule has 1 rings (SSSR count). The van der Waals surface area contributed by atoms with Gasteiger partial charge in [-0.05, 0) is 43.2 Å². The number of methoxy groups -OCH3 is 1. The molecule has 4 heteroatoms. The Balaban J connectivity index is 3.25. The smallest absolute Gasteiger partial charge is 0.328 e. The average Bonchev–Trinajstić information content (AvgIpc) is 2.24. The van der Waals surface area contributed by atoms with Crippen LogP contribution in [-0.4, -0.2) is 23.3 Å². The first-order valence-electron chi connectivity index (χ1n) is 5.16. The number of hydrogen-bond donors (Lipinski definition) is 2. The Morgan fingerprint density at radius 3 is 2.53 bits per heavy atom. The van der Waals surface area contributed by atoms with Gasteiger partial charge in [0.15, 0.2) is 0 Å². The molecule has 0 aliphatic carbocycles. The third-order valence-corrected chi connectivity index (χ3v) is 2.33. The van der Waals surface area contributed by atoms with Crippen LogP contribution < -0.4 is 4.74 Å². The molecule has 0 aromatic heterocycles. The molecule has 0 saturated heterocycles. The standard InChI is InChI=1S/C13H16O4/c1-13(2,16)11-8-10(17-3)6-4-9(11)5-7-12(14)15/h4-8,16H,1-3H3,(H,14,15)/b7-5+. The number of aliphatic carboxylic acids is 1. The molecular weight excluding hydrogens is 220 g/mol. The number of carbonyl (C=O) groups is 1. The molecule has 0 amide bonds. The summed E-state index contributed by atoms with van der Waals surface area (Å²) >= 11 is 0. The van der Waals surface area contributed by atoms with Gasteiger partial charge in [-0.25, -0.2) is 4.79 Å². The van der Waals surface area contributed by atoms with Crippen LogP contribution in [0.4, 0.5) is 0 Å². The molecule has 1 aromatic rings. The van der Waals surface area contributed by atoms with Gasteiger partial charge >= 0.3 is 5.97 Å². The molecule has 0 fully saturated rings. The van der Waals surface area contributed by atoms with Crippen LogP contribution >= 0.6 is 0 Å². The summed E-state index contributed by atoms with van der Waals surface area (Å²) in [5, 5.41) is 18.6. The second-order valence-corrected chi connectivity index (χ2v) is 4.18. The summed E-state index contributed by atoms with van der Waals surface area (Å²) in [6.45, 7) is 3.28. The molecular formula is C13H16O4. The summed E-state index contributed by atoms with van der Waals surface area (Å²) in [5.41, 5.74) is 0.210. The average molecular weight is 236 g/mol. The Hall–Kier alpha value is -1.81. The fourth-order valence-corrected chi connectivity index (χ4v) is 1.50. The highest BCUT2D eigenvalue weighted by atomic mass is 16.5. The molecule has 0 spiro atoms. The van der Waals surface area contributed by atoms with Crippen molar-refractivity contribution in [2.45, 2.75) is 19.4 Å². The fraction of sp³-hybridized carbons (Fsp3) is 0.308. The highest BCUT2D eigenvalue weighted by Gasteiger charge is 2.19. The van der Waals surface area contributed by atoms with Crippen molar-refractivity contribution in [1.82, 2.24) is 0 Å². The summed E-state index contributed by atoms with van der Waals surface area (Å²) in [6, 6.07) is 5.13. The molecule has 1 aromatic carbocycles. The molecule has 4 nitrogen and oxygen atoms in total. The SMILES string of the molecule is COc1ccc(/C=C/C(=O)O)c(C(C)(C)O)c1. The first-order chi connectivity index (χ1) is 7.84. The summed E-state index contributed by atoms with van der Waals surface area (Å²) in [4.78, 5) is 10.5. The van der Waals surface area contributed by atoms with Crippen molar-refractivity contribution in [3.8, 4) is 5.75 Å². The van der Waals surface area contributed by atoms with Crippen LogP contribution in [0.25, 0.3) is 6.08 Å². The van der Waals surface area contributed by atoms with Gasteiger partial charge in [0.1, 0.15) is 5.75 Å². The van der Waals surface area contributed by atoms with E-state index in [0.717, 1.165) is 6.08 Å². The van der Waals surface area contributed by atoms with E-state index in [9.17, 15) is 9.90 Å². The van der Waals surface area contributed by atoms with Crippen LogP contribution in [0.2, 0.25) is 0 Å². The topological polar surface area (TPSA) is 66.8 Å². The molecule has 0 saturated carbocycles. The molecule has 2 N–H and O–H groups in total. The minimum absolute atomic E-state index is 0.620. The van der Waals surface area contributed by atoms with Crippen molar-refractivity contribution in [3.05, 3.63) is 35.4 Å². The first-order valence-corrected chi connectivity index (χ1v) is 5.16. The van der Waals surface area contributed by atoms with Crippen molar-refractivity contribution in [3.63, 3.8) is 0 Å². The van der Waals surface area contributed by atoms with E-state index in [1.807, 2.05) is 0 Å². The van der Waals surface area contributed by atoms with Gasteiger partial charge < -0.3 is 14.9 Å². The minimum atomic E-state index is -1.06. The molecule has 17 heavy (non-hydrogen) atoms. The fourth-order valence-electron chi connectivity index (χ4n) is 1.50. The second-order valence-electron chi connectivity index (χ2n) is 4.18. The van der Waals surface area contributed by atoms with Gasteiger partial charge in [0.05, 0.1) is 12.7 Å². The molecule has 0 heterocycles. The Kier molecular flexibility index (Phi) is 3.91. The summed E-state index contributed by atoms with van der Waals surface area (Å²) in [7, 11) is 1.54. The number of hydrogen-bond acceptors (Lipinski definition) is 3. The van der Waals surface area contributed by atoms with Gasteiger partial charge in [-0.1, -0.05) is 6.07 Å². The Morgan fingerprint density at radius 2 is 2.06 bits per heavy atom. The van der Waals surface area contributed by atoms with Gasteiger partial charge in [-0.15, -0.1) is 0 Å². The van der Waals surface area contributed by atoms with Crippen molar-refractivity contribution in [1.29, 1.82) is 0 Å². The summed E-state index contributed by atoms with van der Waals surface area (Å²) in [5.74, 6) is -0.405. The maximum Gasteiger partial charge on any atom is 0.328 e. The van der Waals surface area contributed by atoms with Crippen LogP contribution in [0, 0.1) is 0 Å². The van der Waals surface area contributed by atoms with E-state index < -0.39 is 11.6 Å². The van der Waals surface area contributed by atoms with Crippen molar-refractivity contribution >= 4 is 12.0 Å². The lowest BCUT2D eigenvalue weighted by Gasteiger charge is -2.21. The monoisotopic (exact) mass is 236 g/mol. The van der Waals surface area contributed by atoms with Gasteiger partial charge in [-0.3, -0.25) is 0 Å². The van der Waals surface area contributed by atoms with Crippen LogP contribution in [0.5, 0.6) is 5.75 Å². The highest BCUT2D eigenvalue weighted by Crippen LogP contribution is 2.28. The zero-order valence-electron chi connectivity index (χ0n) is 10.1. The van der Waals surface area contributed by atoms with Crippen molar-refractivity contribution in [2.24, 2.45) is 0 Å². The zero-order valence-corrected chi connectivity index (χ0v) is 10.1. The Bertz CT molecular complexity index is 441. The number of rotatable bonds is 4. The van der Waals surface area contributed by atoms with Crippen molar-refractivity contribution < 1.29 is 19.7 Å². The number of carboxylic acids is 1. The zero-order chi connectivity index (χ0) is 13.1. The van der Waals surface area contributed by atoms with Gasteiger partial charge in [0.2, 0.25) is 0 Å². The molecule has 0 unspecified atom stereocenters. The predicted molar refractivity (Wildman–Crippen MR) is 64.9 cm³/mol. The first kappa shape index (κ1) is 13.3. The molecule has 0 atom stereocenters. The lowest BCUT2D eigenvalue weighted by molar-refractivity contribution is -0.131. The van der Waals surface area contributed by atoms with Crippen molar-refractivity contribution in [2.75, 3.05) is 7.11 Å². The number of ether oxygens (including phenoxy) is 1. The lowest BCUT2D eigenvalue weighted by Crippen LogP contribution is -2.17. The molecule has 92 valence electrons. The van der Waals surface area contributed by atoms with Crippen LogP contribution in [0.1, 0.15) is 25.0 Å². The van der Waals surface area contributed by atoms with Crippen LogP contribution in [-0.2, 0) is 10.4 Å². The Morgan fingerprint density at radius 1 is 1.41 bits per heavy atom. The van der Waals surface area contributed by atoms with Gasteiger partial charge in [-0.2, -0.15) is 0 Å². The molecule has 0 bridgehead atoms. The Labute approximate surface area is 100 Å². The van der Waals surface area contributed by atoms with Crippen LogP contribution in [0.15, 0.2) is 24.3 Å². The quantitative estimate of drug-likeness (QED) is 0.785. The van der Waals surface area contributed by atoms with E-state index >= 15 is 0 Å². The summed E-state index contributed by atoms with van der Waals surface area (Å²) in [6.07, 6.45) is 2.49. The number of aliphatic hydroxyl groups is 1. The molecule has 0 aliphatic rings. The lowest BCUT2D eigenvalue weighted by atomic mass is 9.92. The maximum atomic E-state index is 10.5. The van der Waals surface area contributed by atoms with E-state index in [2.05, 4.69) is 0 Å². The summed E-state index contributed by atoms with van der Waals surface area (Å²) < 4.78 is 5.08. The van der Waals surface area contributed by atoms with Crippen LogP contribution in [0.3, 0.4) is 0 Å². The maximum absolute atomic E-state index is 10.5. The van der Waals surface area contributed by atoms with E-state index in [-0.39, 0.29) is 0 Å². The van der Waals surface area contributed by atoms with E-state index in [1.54, 1.807) is 32.0 Å². The molecule has 0 aliphatic heterocycles. The number of benzene rings is 1. The van der Waals surface area contributed by atoms with E-state index in [1.165, 1.54) is 13.2 Å². The molecule has 0 radical (unpaired) electrons. The second kappa shape index (κ2) is 5.01. The third kappa shape index (κ3) is 3.60. The van der Waals surface area contributed by atoms with Gasteiger partial charge in [0, 0.05) is 6.08 Å². The van der Waals surface area contributed by atoms with E-state index in [0.29, 0.717) is 16.9 Å². The number of carboxylic acid groups (broad SMARTS) is 1. The minimum Gasteiger partial charge on any atom is -0.497 e. The third-order valence-electron chi connectivity index (χ3n) is 2.33. The normalized spacial score (nSPS) is 11.8. The largest absolute Gasteiger partial charge is 0.497 e. The van der Waals surface area contributed by atoms with E-state index in [4.69, 9.17) is 9.84 Å². The van der Waals surface area contributed by atoms with Gasteiger partial charge in [0.25, 0.3) is 0 Å².